The van der Waals surface area contributed by atoms with Crippen molar-refractivity contribution in [2.45, 2.75) is 25.8 Å². The lowest BCUT2D eigenvalue weighted by Crippen LogP contribution is -2.33. The smallest absolute Gasteiger partial charge is 0.253 e. The summed E-state index contributed by atoms with van der Waals surface area (Å²) in [6.45, 7) is 1.94. The molecule has 0 radical (unpaired) electrons. The molecule has 90 valence electrons. The fraction of sp³-hybridized carbons (Fsp3) is 0.364. The third kappa shape index (κ3) is 3.88. The van der Waals surface area contributed by atoms with E-state index in [-0.39, 0.29) is 21.6 Å². The van der Waals surface area contributed by atoms with Gasteiger partial charge in [0.15, 0.2) is 0 Å². The molecule has 1 unspecified atom stereocenters. The maximum atomic E-state index is 11.7. The highest BCUT2D eigenvalue weighted by Gasteiger charge is 2.13. The first-order valence-corrected chi connectivity index (χ1v) is 5.85. The number of aromatic nitrogens is 1. The van der Waals surface area contributed by atoms with E-state index >= 15 is 0 Å². The summed E-state index contributed by atoms with van der Waals surface area (Å²) >= 11 is 11.4. The zero-order chi connectivity index (χ0) is 12.8. The molecule has 0 saturated heterocycles. The van der Waals surface area contributed by atoms with Gasteiger partial charge in [-0.25, -0.2) is 4.98 Å². The number of pyridine rings is 1. The fourth-order valence-electron chi connectivity index (χ4n) is 1.24. The van der Waals surface area contributed by atoms with E-state index in [0.29, 0.717) is 6.42 Å². The number of hydrogen-bond acceptors (Lipinski definition) is 3. The van der Waals surface area contributed by atoms with Crippen LogP contribution in [0.5, 0.6) is 0 Å². The molecule has 17 heavy (non-hydrogen) atoms. The molecule has 1 amide bonds. The van der Waals surface area contributed by atoms with E-state index in [2.05, 4.69) is 10.3 Å². The molecule has 0 bridgehead atoms. The Bertz CT molecular complexity index is 457. The molecule has 0 fully saturated rings. The number of nitriles is 1. The number of hydrogen-bond donors (Lipinski definition) is 1. The Morgan fingerprint density at radius 3 is 2.88 bits per heavy atom. The Morgan fingerprint density at radius 1 is 1.65 bits per heavy atom. The maximum Gasteiger partial charge on any atom is 0.253 e. The van der Waals surface area contributed by atoms with Gasteiger partial charge in [-0.2, -0.15) is 5.26 Å². The van der Waals surface area contributed by atoms with Gasteiger partial charge in [0, 0.05) is 6.20 Å². The van der Waals surface area contributed by atoms with E-state index in [1.54, 1.807) is 0 Å². The molecule has 0 aromatic carbocycles. The van der Waals surface area contributed by atoms with Crippen molar-refractivity contribution in [2.24, 2.45) is 0 Å². The third-order valence-electron chi connectivity index (χ3n) is 2.10. The number of halogens is 2. The molecule has 1 N–H and O–H groups in total. The van der Waals surface area contributed by atoms with E-state index < -0.39 is 6.04 Å². The van der Waals surface area contributed by atoms with Gasteiger partial charge in [-0.05, 0) is 12.5 Å². The summed E-state index contributed by atoms with van der Waals surface area (Å²) in [4.78, 5) is 15.5. The van der Waals surface area contributed by atoms with Crippen LogP contribution in [0.3, 0.4) is 0 Å². The second-order valence-corrected chi connectivity index (χ2v) is 4.21. The number of carbonyl (C=O) groups is 1. The van der Waals surface area contributed by atoms with Gasteiger partial charge in [0.2, 0.25) is 0 Å². The number of nitrogens with one attached hydrogen (secondary N) is 1. The number of amides is 1. The minimum atomic E-state index is -0.498. The molecule has 1 heterocycles. The van der Waals surface area contributed by atoms with Crippen molar-refractivity contribution in [1.29, 1.82) is 5.26 Å². The third-order valence-corrected chi connectivity index (χ3v) is 2.78. The van der Waals surface area contributed by atoms with E-state index in [9.17, 15) is 4.79 Å². The van der Waals surface area contributed by atoms with Gasteiger partial charge >= 0.3 is 0 Å². The fourth-order valence-corrected chi connectivity index (χ4v) is 1.51. The second-order valence-electron chi connectivity index (χ2n) is 3.44. The van der Waals surface area contributed by atoms with Crippen LogP contribution in [0.1, 0.15) is 30.1 Å². The van der Waals surface area contributed by atoms with Crippen LogP contribution in [0, 0.1) is 11.3 Å². The van der Waals surface area contributed by atoms with Gasteiger partial charge in [-0.15, -0.1) is 0 Å². The molecule has 0 saturated carbocycles. The zero-order valence-electron chi connectivity index (χ0n) is 9.20. The van der Waals surface area contributed by atoms with Crippen LogP contribution in [0.15, 0.2) is 12.3 Å². The van der Waals surface area contributed by atoms with E-state index in [0.717, 1.165) is 6.42 Å². The predicted octanol–water partition coefficient (Wildman–Crippen LogP) is 2.81. The van der Waals surface area contributed by atoms with Gasteiger partial charge in [-0.3, -0.25) is 4.79 Å². The first-order chi connectivity index (χ1) is 8.08. The first-order valence-electron chi connectivity index (χ1n) is 5.10. The largest absolute Gasteiger partial charge is 0.336 e. The van der Waals surface area contributed by atoms with Crippen LogP contribution in [-0.2, 0) is 0 Å². The first kappa shape index (κ1) is 13.8. The number of nitrogens with zero attached hydrogens (tertiary/aromatic N) is 2. The molecule has 0 spiro atoms. The van der Waals surface area contributed by atoms with E-state index in [1.807, 2.05) is 13.0 Å². The van der Waals surface area contributed by atoms with Crippen molar-refractivity contribution < 1.29 is 4.79 Å². The molecule has 1 aromatic rings. The highest BCUT2D eigenvalue weighted by atomic mass is 35.5. The highest BCUT2D eigenvalue weighted by molar-refractivity contribution is 6.41. The topological polar surface area (TPSA) is 65.8 Å². The van der Waals surface area contributed by atoms with E-state index in [4.69, 9.17) is 28.5 Å². The average Bonchev–Trinajstić information content (AvgIpc) is 2.31. The summed E-state index contributed by atoms with van der Waals surface area (Å²) in [6, 6.07) is 2.94. The zero-order valence-corrected chi connectivity index (χ0v) is 10.7. The Morgan fingerprint density at radius 2 is 2.35 bits per heavy atom. The quantitative estimate of drug-likeness (QED) is 0.857. The van der Waals surface area contributed by atoms with Crippen LogP contribution in [-0.4, -0.2) is 16.9 Å². The van der Waals surface area contributed by atoms with Gasteiger partial charge in [0.25, 0.3) is 5.91 Å². The summed E-state index contributed by atoms with van der Waals surface area (Å²) in [5.41, 5.74) is 0.288. The minimum absolute atomic E-state index is 0.147. The molecule has 1 aromatic heterocycles. The minimum Gasteiger partial charge on any atom is -0.336 e. The van der Waals surface area contributed by atoms with Crippen LogP contribution >= 0.6 is 23.2 Å². The van der Waals surface area contributed by atoms with Crippen molar-refractivity contribution in [2.75, 3.05) is 0 Å². The molecular weight excluding hydrogens is 261 g/mol. The summed E-state index contributed by atoms with van der Waals surface area (Å²) in [5, 5.41) is 11.8. The molecule has 0 aliphatic rings. The molecule has 4 nitrogen and oxygen atoms in total. The highest BCUT2D eigenvalue weighted by Crippen LogP contribution is 2.19. The molecule has 1 rings (SSSR count). The van der Waals surface area contributed by atoms with Crippen molar-refractivity contribution >= 4 is 29.1 Å². The van der Waals surface area contributed by atoms with Crippen molar-refractivity contribution in [3.05, 3.63) is 28.0 Å². The van der Waals surface area contributed by atoms with Crippen LogP contribution in [0.2, 0.25) is 10.2 Å². The summed E-state index contributed by atoms with van der Waals surface area (Å²) in [7, 11) is 0. The Kier molecular flexibility index (Phi) is 5.20. The Balaban J connectivity index is 2.76. The number of carbonyl (C=O) groups excluding carboxylic acids is 1. The van der Waals surface area contributed by atoms with Crippen molar-refractivity contribution in [3.63, 3.8) is 0 Å². The lowest BCUT2D eigenvalue weighted by molar-refractivity contribution is 0.0943. The number of rotatable bonds is 4. The molecule has 0 aliphatic heterocycles. The predicted molar refractivity (Wildman–Crippen MR) is 66.0 cm³/mol. The van der Waals surface area contributed by atoms with Crippen LogP contribution in [0.25, 0.3) is 0 Å². The lowest BCUT2D eigenvalue weighted by atomic mass is 10.1. The second kappa shape index (κ2) is 6.43. The standard InChI is InChI=1S/C11H11Cl2N3O/c1-2-3-8(5-14)16-11(17)7-4-9(12)10(13)15-6-7/h4,6,8H,2-3H2,1H3,(H,16,17). The van der Waals surface area contributed by atoms with Gasteiger partial charge in [0.1, 0.15) is 11.2 Å². The lowest BCUT2D eigenvalue weighted by Gasteiger charge is -2.10. The Labute approximate surface area is 110 Å². The summed E-state index contributed by atoms with van der Waals surface area (Å²) < 4.78 is 0. The van der Waals surface area contributed by atoms with Crippen molar-refractivity contribution in [1.82, 2.24) is 10.3 Å². The van der Waals surface area contributed by atoms with Gasteiger partial charge < -0.3 is 5.32 Å². The average molecular weight is 272 g/mol. The summed E-state index contributed by atoms with van der Waals surface area (Å²) in [6.07, 6.45) is 2.75. The van der Waals surface area contributed by atoms with Gasteiger partial charge in [0.05, 0.1) is 16.7 Å². The van der Waals surface area contributed by atoms with Gasteiger partial charge in [-0.1, -0.05) is 36.5 Å². The molecule has 1 atom stereocenters. The SMILES string of the molecule is CCCC(C#N)NC(=O)c1cnc(Cl)c(Cl)c1. The molecular formula is C11H11Cl2N3O. The molecule has 6 heteroatoms. The van der Waals surface area contributed by atoms with Crippen LogP contribution in [0.4, 0.5) is 0 Å². The maximum absolute atomic E-state index is 11.7. The van der Waals surface area contributed by atoms with Crippen molar-refractivity contribution in [3.8, 4) is 6.07 Å². The molecule has 0 aliphatic carbocycles. The normalized spacial score (nSPS) is 11.6. The van der Waals surface area contributed by atoms with E-state index in [1.165, 1.54) is 12.3 Å². The summed E-state index contributed by atoms with van der Waals surface area (Å²) in [5.74, 6) is -0.379. The Hall–Kier alpha value is -1.31. The van der Waals surface area contributed by atoms with Crippen LogP contribution < -0.4 is 5.32 Å². The monoisotopic (exact) mass is 271 g/mol.